The SMILES string of the molecule is CCSc1nnc(NC(=O)CN(c2cccc(C(F)(F)F)c2)S(=O)(=O)c2ccccc2)s1. The Hall–Kier alpha value is -2.64. The predicted molar refractivity (Wildman–Crippen MR) is 117 cm³/mol. The average Bonchev–Trinajstić information content (AvgIpc) is 3.19. The number of carbonyl (C=O) groups is 1. The molecule has 0 saturated carbocycles. The summed E-state index contributed by atoms with van der Waals surface area (Å²) in [6.45, 7) is 1.17. The molecule has 1 amide bonds. The van der Waals surface area contributed by atoms with Gasteiger partial charge in [0.25, 0.3) is 10.0 Å². The fourth-order valence-electron chi connectivity index (χ4n) is 2.60. The highest BCUT2D eigenvalue weighted by atomic mass is 32.2. The van der Waals surface area contributed by atoms with Gasteiger partial charge in [-0.15, -0.1) is 10.2 Å². The van der Waals surface area contributed by atoms with Crippen LogP contribution in [0.4, 0.5) is 24.0 Å². The number of nitrogens with one attached hydrogen (secondary N) is 1. The van der Waals surface area contributed by atoms with E-state index in [1.807, 2.05) is 6.92 Å². The van der Waals surface area contributed by atoms with Crippen molar-refractivity contribution in [1.82, 2.24) is 10.2 Å². The molecule has 170 valence electrons. The van der Waals surface area contributed by atoms with Gasteiger partial charge in [-0.25, -0.2) is 8.42 Å². The highest BCUT2D eigenvalue weighted by Gasteiger charge is 2.33. The second kappa shape index (κ2) is 9.88. The molecule has 0 atom stereocenters. The number of carbonyl (C=O) groups excluding carboxylic acids is 1. The van der Waals surface area contributed by atoms with Crippen LogP contribution in [0.2, 0.25) is 0 Å². The first-order valence-electron chi connectivity index (χ1n) is 9.12. The summed E-state index contributed by atoms with van der Waals surface area (Å²) >= 11 is 2.53. The number of amides is 1. The summed E-state index contributed by atoms with van der Waals surface area (Å²) in [6.07, 6.45) is -4.68. The summed E-state index contributed by atoms with van der Waals surface area (Å²) < 4.78 is 67.3. The van der Waals surface area contributed by atoms with Gasteiger partial charge in [-0.2, -0.15) is 13.2 Å². The molecule has 0 unspecified atom stereocenters. The number of anilines is 2. The standard InChI is InChI=1S/C19H17F3N4O3S3/c1-2-30-18-25-24-17(31-18)23-16(27)12-26(32(28,29)15-9-4-3-5-10-15)14-8-6-7-13(11-14)19(20,21)22/h3-11H,2,12H2,1H3,(H,23,24,27). The quantitative estimate of drug-likeness (QED) is 0.360. The lowest BCUT2D eigenvalue weighted by Crippen LogP contribution is -2.38. The fourth-order valence-corrected chi connectivity index (χ4v) is 5.70. The van der Waals surface area contributed by atoms with Crippen LogP contribution in [0.25, 0.3) is 0 Å². The molecule has 0 aliphatic heterocycles. The fraction of sp³-hybridized carbons (Fsp3) is 0.211. The molecule has 2 aromatic carbocycles. The summed E-state index contributed by atoms with van der Waals surface area (Å²) in [5.74, 6) is -0.0209. The number of aromatic nitrogens is 2. The van der Waals surface area contributed by atoms with E-state index in [2.05, 4.69) is 15.5 Å². The maximum atomic E-state index is 13.2. The van der Waals surface area contributed by atoms with Crippen molar-refractivity contribution in [3.63, 3.8) is 0 Å². The molecule has 0 aliphatic carbocycles. The van der Waals surface area contributed by atoms with Crippen molar-refractivity contribution in [3.05, 3.63) is 60.2 Å². The van der Waals surface area contributed by atoms with Crippen LogP contribution in [-0.2, 0) is 21.0 Å². The van der Waals surface area contributed by atoms with E-state index in [-0.39, 0.29) is 15.7 Å². The molecule has 32 heavy (non-hydrogen) atoms. The van der Waals surface area contributed by atoms with Gasteiger partial charge in [-0.3, -0.25) is 14.4 Å². The predicted octanol–water partition coefficient (Wildman–Crippen LogP) is 4.50. The van der Waals surface area contributed by atoms with E-state index in [0.717, 1.165) is 29.2 Å². The second-order valence-electron chi connectivity index (χ2n) is 6.23. The van der Waals surface area contributed by atoms with E-state index in [0.29, 0.717) is 14.7 Å². The maximum absolute atomic E-state index is 13.2. The first-order valence-corrected chi connectivity index (χ1v) is 12.4. The third-order valence-electron chi connectivity index (χ3n) is 4.00. The molecule has 1 heterocycles. The van der Waals surface area contributed by atoms with Crippen molar-refractivity contribution in [1.29, 1.82) is 0 Å². The van der Waals surface area contributed by atoms with Gasteiger partial charge in [0.1, 0.15) is 6.54 Å². The van der Waals surface area contributed by atoms with E-state index in [1.54, 1.807) is 6.07 Å². The van der Waals surface area contributed by atoms with E-state index < -0.39 is 34.2 Å². The molecule has 7 nitrogen and oxygen atoms in total. The number of nitrogens with zero attached hydrogens (tertiary/aromatic N) is 3. The Morgan fingerprint density at radius 1 is 1.12 bits per heavy atom. The van der Waals surface area contributed by atoms with Gasteiger partial charge in [0.05, 0.1) is 16.1 Å². The zero-order valence-electron chi connectivity index (χ0n) is 16.5. The van der Waals surface area contributed by atoms with E-state index in [1.165, 1.54) is 42.1 Å². The Labute approximate surface area is 190 Å². The number of thioether (sulfide) groups is 1. The molecule has 0 aliphatic rings. The van der Waals surface area contributed by atoms with Crippen molar-refractivity contribution in [2.45, 2.75) is 22.3 Å². The number of hydrogen-bond acceptors (Lipinski definition) is 7. The second-order valence-corrected chi connectivity index (χ2v) is 10.6. The summed E-state index contributed by atoms with van der Waals surface area (Å²) in [5, 5.41) is 10.3. The monoisotopic (exact) mass is 502 g/mol. The zero-order valence-corrected chi connectivity index (χ0v) is 19.0. The lowest BCUT2D eigenvalue weighted by atomic mass is 10.2. The Balaban J connectivity index is 1.94. The van der Waals surface area contributed by atoms with Crippen LogP contribution in [0, 0.1) is 0 Å². The van der Waals surface area contributed by atoms with Crippen LogP contribution in [0.15, 0.2) is 63.8 Å². The highest BCUT2D eigenvalue weighted by molar-refractivity contribution is 8.01. The molecule has 0 saturated heterocycles. The van der Waals surface area contributed by atoms with Gasteiger partial charge in [0.2, 0.25) is 11.0 Å². The van der Waals surface area contributed by atoms with E-state index in [9.17, 15) is 26.4 Å². The normalized spacial score (nSPS) is 11.9. The van der Waals surface area contributed by atoms with Crippen LogP contribution in [-0.4, -0.2) is 36.8 Å². The molecule has 1 aromatic heterocycles. The summed E-state index contributed by atoms with van der Waals surface area (Å²) in [5.41, 5.74) is -1.33. The number of rotatable bonds is 8. The third-order valence-corrected chi connectivity index (χ3v) is 7.64. The van der Waals surface area contributed by atoms with Gasteiger partial charge in [0, 0.05) is 0 Å². The molecule has 3 aromatic rings. The Kier molecular flexibility index (Phi) is 7.41. The Morgan fingerprint density at radius 2 is 1.84 bits per heavy atom. The van der Waals surface area contributed by atoms with Crippen molar-refractivity contribution in [3.8, 4) is 0 Å². The Bertz CT molecular complexity index is 1190. The molecule has 0 radical (unpaired) electrons. The highest BCUT2D eigenvalue weighted by Crippen LogP contribution is 2.33. The number of alkyl halides is 3. The third kappa shape index (κ3) is 5.78. The van der Waals surface area contributed by atoms with Crippen molar-refractivity contribution in [2.24, 2.45) is 0 Å². The lowest BCUT2D eigenvalue weighted by molar-refractivity contribution is -0.137. The zero-order chi connectivity index (χ0) is 23.4. The summed E-state index contributed by atoms with van der Waals surface area (Å²) in [4.78, 5) is 12.5. The Morgan fingerprint density at radius 3 is 2.50 bits per heavy atom. The van der Waals surface area contributed by atoms with Crippen LogP contribution in [0.5, 0.6) is 0 Å². The minimum absolute atomic E-state index is 0.159. The minimum Gasteiger partial charge on any atom is -0.299 e. The number of hydrogen-bond donors (Lipinski definition) is 1. The molecule has 13 heteroatoms. The van der Waals surface area contributed by atoms with Crippen LogP contribution < -0.4 is 9.62 Å². The average molecular weight is 503 g/mol. The van der Waals surface area contributed by atoms with Crippen molar-refractivity contribution >= 4 is 49.8 Å². The molecular weight excluding hydrogens is 485 g/mol. The van der Waals surface area contributed by atoms with Gasteiger partial charge >= 0.3 is 6.18 Å². The molecule has 0 spiro atoms. The van der Waals surface area contributed by atoms with Gasteiger partial charge in [-0.05, 0) is 36.1 Å². The molecule has 0 fully saturated rings. The molecule has 3 rings (SSSR count). The molecular formula is C19H17F3N4O3S3. The summed E-state index contributed by atoms with van der Waals surface area (Å²) in [7, 11) is -4.34. The number of halogens is 3. The number of benzene rings is 2. The smallest absolute Gasteiger partial charge is 0.299 e. The number of sulfonamides is 1. The van der Waals surface area contributed by atoms with Crippen LogP contribution in [0.1, 0.15) is 12.5 Å². The van der Waals surface area contributed by atoms with Gasteiger partial charge in [0.15, 0.2) is 4.34 Å². The van der Waals surface area contributed by atoms with Crippen molar-refractivity contribution in [2.75, 3.05) is 21.9 Å². The van der Waals surface area contributed by atoms with Gasteiger partial charge < -0.3 is 0 Å². The van der Waals surface area contributed by atoms with Crippen LogP contribution >= 0.6 is 23.1 Å². The summed E-state index contributed by atoms with van der Waals surface area (Å²) in [6, 6.07) is 10.9. The minimum atomic E-state index is -4.68. The van der Waals surface area contributed by atoms with Gasteiger partial charge in [-0.1, -0.05) is 54.3 Å². The molecule has 0 bridgehead atoms. The lowest BCUT2D eigenvalue weighted by Gasteiger charge is -2.24. The maximum Gasteiger partial charge on any atom is 0.416 e. The van der Waals surface area contributed by atoms with Crippen molar-refractivity contribution < 1.29 is 26.4 Å². The first kappa shape index (κ1) is 24.0. The first-order chi connectivity index (χ1) is 15.1. The largest absolute Gasteiger partial charge is 0.416 e. The topological polar surface area (TPSA) is 92.3 Å². The van der Waals surface area contributed by atoms with E-state index in [4.69, 9.17) is 0 Å². The molecule has 1 N–H and O–H groups in total. The van der Waals surface area contributed by atoms with E-state index >= 15 is 0 Å². The van der Waals surface area contributed by atoms with Crippen LogP contribution in [0.3, 0.4) is 0 Å².